The zero-order valence-corrected chi connectivity index (χ0v) is 19.0. The van der Waals surface area contributed by atoms with E-state index in [9.17, 15) is 22.4 Å². The number of Topliss-reactive ketones (excluding diaryl/α,β-unsaturated/α-hetero) is 1. The lowest BCUT2D eigenvalue weighted by atomic mass is 9.97. The number of methoxy groups -OCH3 is 1. The van der Waals surface area contributed by atoms with Gasteiger partial charge in [-0.2, -0.15) is 18.2 Å². The lowest BCUT2D eigenvalue weighted by Gasteiger charge is -2.22. The number of pyridine rings is 1. The van der Waals surface area contributed by atoms with Gasteiger partial charge >= 0.3 is 6.18 Å². The summed E-state index contributed by atoms with van der Waals surface area (Å²) < 4.78 is 65.1. The fraction of sp³-hybridized carbons (Fsp3) is 0.269. The first kappa shape index (κ1) is 23.7. The molecule has 1 aliphatic carbocycles. The van der Waals surface area contributed by atoms with Crippen molar-refractivity contribution in [3.05, 3.63) is 77.3 Å². The van der Waals surface area contributed by atoms with Crippen molar-refractivity contribution in [1.82, 2.24) is 15.0 Å². The minimum absolute atomic E-state index is 0.0543. The summed E-state index contributed by atoms with van der Waals surface area (Å²) in [6.07, 6.45) is -1.22. The molecule has 1 saturated carbocycles. The van der Waals surface area contributed by atoms with Gasteiger partial charge in [0.05, 0.1) is 19.0 Å². The molecule has 6 nitrogen and oxygen atoms in total. The normalized spacial score (nSPS) is 16.2. The van der Waals surface area contributed by atoms with Gasteiger partial charge in [0.25, 0.3) is 0 Å². The predicted molar refractivity (Wildman–Crippen MR) is 121 cm³/mol. The van der Waals surface area contributed by atoms with Gasteiger partial charge in [-0.1, -0.05) is 17.9 Å². The summed E-state index contributed by atoms with van der Waals surface area (Å²) in [6.45, 7) is 0. The van der Waals surface area contributed by atoms with Crippen molar-refractivity contribution in [2.75, 3.05) is 7.11 Å². The largest absolute Gasteiger partial charge is 0.481 e. The topological polar surface area (TPSA) is 74.2 Å². The van der Waals surface area contributed by atoms with Crippen molar-refractivity contribution >= 4 is 16.9 Å². The van der Waals surface area contributed by atoms with E-state index in [0.717, 1.165) is 6.26 Å². The number of aromatic nitrogens is 3. The number of rotatable bonds is 7. The molecule has 10 heteroatoms. The number of hydrogen-bond acceptors (Lipinski definition) is 6. The highest BCUT2D eigenvalue weighted by Crippen LogP contribution is 2.63. The van der Waals surface area contributed by atoms with Crippen LogP contribution in [0.2, 0.25) is 0 Å². The number of carbonyl (C=O) groups excluding carboxylic acids is 1. The third kappa shape index (κ3) is 4.47. The maximum Gasteiger partial charge on any atom is 0.401 e. The molecule has 0 bridgehead atoms. The molecule has 2 aromatic heterocycles. The summed E-state index contributed by atoms with van der Waals surface area (Å²) in [5, 5.41) is 0. The summed E-state index contributed by atoms with van der Waals surface area (Å²) in [7, 11) is 1.49. The Morgan fingerprint density at radius 3 is 2.67 bits per heavy atom. The smallest absolute Gasteiger partial charge is 0.401 e. The van der Waals surface area contributed by atoms with Crippen molar-refractivity contribution in [3.63, 3.8) is 0 Å². The first-order chi connectivity index (χ1) is 17.2. The van der Waals surface area contributed by atoms with Gasteiger partial charge < -0.3 is 9.47 Å². The number of carbonyl (C=O) groups is 1. The quantitative estimate of drug-likeness (QED) is 0.311. The van der Waals surface area contributed by atoms with Crippen LogP contribution in [-0.4, -0.2) is 34.0 Å². The van der Waals surface area contributed by atoms with E-state index in [1.807, 2.05) is 0 Å². The fourth-order valence-electron chi connectivity index (χ4n) is 4.03. The molecule has 0 amide bonds. The second-order valence-corrected chi connectivity index (χ2v) is 8.64. The van der Waals surface area contributed by atoms with Crippen molar-refractivity contribution in [1.29, 1.82) is 0 Å². The Labute approximate surface area is 203 Å². The van der Waals surface area contributed by atoms with Gasteiger partial charge in [-0.05, 0) is 36.6 Å². The van der Waals surface area contributed by atoms with Gasteiger partial charge in [-0.3, -0.25) is 4.79 Å². The van der Waals surface area contributed by atoms with Gasteiger partial charge in [0, 0.05) is 30.0 Å². The molecule has 0 unspecified atom stereocenters. The number of halogens is 4. The van der Waals surface area contributed by atoms with Crippen LogP contribution in [0.25, 0.3) is 22.4 Å². The van der Waals surface area contributed by atoms with E-state index < -0.39 is 17.4 Å². The molecule has 0 atom stereocenters. The average molecular weight is 497 g/mol. The Bertz CT molecular complexity index is 1470. The molecule has 5 rings (SSSR count). The van der Waals surface area contributed by atoms with E-state index in [0.29, 0.717) is 28.3 Å². The van der Waals surface area contributed by atoms with Gasteiger partial charge in [0.1, 0.15) is 34.6 Å². The molecule has 3 aromatic rings. The third-order valence-corrected chi connectivity index (χ3v) is 6.21. The Kier molecular flexibility index (Phi) is 5.84. The summed E-state index contributed by atoms with van der Waals surface area (Å²) in [4.78, 5) is 25.5. The Morgan fingerprint density at radius 2 is 1.97 bits per heavy atom. The van der Waals surface area contributed by atoms with E-state index in [4.69, 9.17) is 9.47 Å². The fourth-order valence-corrected chi connectivity index (χ4v) is 4.03. The number of nitrogens with zero attached hydrogens (tertiary/aromatic N) is 3. The first-order valence-electron chi connectivity index (χ1n) is 11.1. The summed E-state index contributed by atoms with van der Waals surface area (Å²) in [5.74, 6) is -0.789. The minimum atomic E-state index is -4.43. The minimum Gasteiger partial charge on any atom is -0.481 e. The zero-order chi connectivity index (χ0) is 25.5. The number of alkyl halides is 3. The molecule has 1 aliphatic heterocycles. The second kappa shape index (κ2) is 8.87. The van der Waals surface area contributed by atoms with Gasteiger partial charge in [0.15, 0.2) is 5.65 Å². The number of hydrogen-bond donors (Lipinski definition) is 0. The van der Waals surface area contributed by atoms with E-state index in [2.05, 4.69) is 20.7 Å². The molecule has 0 saturated heterocycles. The van der Waals surface area contributed by atoms with Crippen molar-refractivity contribution in [2.24, 2.45) is 5.41 Å². The summed E-state index contributed by atoms with van der Waals surface area (Å²) in [6, 6.07) is 7.72. The SMILES string of the molecule is COc1ccc2nc(-c3ccc(CC(=O)CC4=C=COC(C5(C(F)(F)F)CC5)=C4)c(F)c3)cnc2n1. The lowest BCUT2D eigenvalue weighted by Crippen LogP contribution is -2.27. The maximum absolute atomic E-state index is 14.8. The molecule has 0 radical (unpaired) electrons. The molecule has 2 aliphatic rings. The highest BCUT2D eigenvalue weighted by Gasteiger charge is 2.67. The zero-order valence-electron chi connectivity index (χ0n) is 19.0. The number of benzene rings is 1. The second-order valence-electron chi connectivity index (χ2n) is 8.64. The van der Waals surface area contributed by atoms with E-state index in [-0.39, 0.29) is 48.4 Å². The number of ketones is 1. The molecule has 1 aromatic carbocycles. The standard InChI is InChI=1S/C26H19F4N3O3/c1-35-23-5-4-20-24(33-23)31-14-21(32-20)17-3-2-16(19(27)13-17)12-18(34)10-15-6-9-36-22(11-15)25(7-8-25)26(28,29)30/h2-5,9,11,13-14H,7-8,10,12H2,1H3. The number of allylic oxidation sites excluding steroid dienone is 3. The van der Waals surface area contributed by atoms with Crippen LogP contribution in [0.4, 0.5) is 17.6 Å². The van der Waals surface area contributed by atoms with Gasteiger partial charge in [-0.25, -0.2) is 14.4 Å². The molecule has 184 valence electrons. The van der Waals surface area contributed by atoms with Gasteiger partial charge in [-0.15, -0.1) is 0 Å². The average Bonchev–Trinajstić information content (AvgIpc) is 3.67. The highest BCUT2D eigenvalue weighted by molar-refractivity contribution is 5.84. The molecular formula is C26H19F4N3O3. The van der Waals surface area contributed by atoms with Gasteiger partial charge in [0.2, 0.25) is 5.88 Å². The van der Waals surface area contributed by atoms with E-state index >= 15 is 0 Å². The molecule has 3 heterocycles. The predicted octanol–water partition coefficient (Wildman–Crippen LogP) is 5.64. The lowest BCUT2D eigenvalue weighted by molar-refractivity contribution is -0.183. The third-order valence-electron chi connectivity index (χ3n) is 6.21. The van der Waals surface area contributed by atoms with Crippen molar-refractivity contribution in [3.8, 4) is 17.1 Å². The highest BCUT2D eigenvalue weighted by atomic mass is 19.4. The molecular weight excluding hydrogens is 478 g/mol. The Balaban J connectivity index is 1.29. The van der Waals surface area contributed by atoms with Crippen LogP contribution in [0.3, 0.4) is 0 Å². The van der Waals surface area contributed by atoms with Crippen LogP contribution in [-0.2, 0) is 16.0 Å². The van der Waals surface area contributed by atoms with Crippen LogP contribution in [0.5, 0.6) is 5.88 Å². The molecule has 1 fully saturated rings. The number of fused-ring (bicyclic) bond motifs is 1. The summed E-state index contributed by atoms with van der Waals surface area (Å²) in [5.41, 5.74) is 2.91. The molecule has 0 spiro atoms. The monoisotopic (exact) mass is 497 g/mol. The van der Waals surface area contributed by atoms with E-state index in [1.165, 1.54) is 31.5 Å². The van der Waals surface area contributed by atoms with Crippen LogP contribution in [0.1, 0.15) is 24.8 Å². The van der Waals surface area contributed by atoms with Crippen LogP contribution in [0.15, 0.2) is 65.9 Å². The van der Waals surface area contributed by atoms with Crippen LogP contribution in [0, 0.1) is 11.2 Å². The summed E-state index contributed by atoms with van der Waals surface area (Å²) >= 11 is 0. The Morgan fingerprint density at radius 1 is 1.17 bits per heavy atom. The molecule has 36 heavy (non-hydrogen) atoms. The maximum atomic E-state index is 14.8. The van der Waals surface area contributed by atoms with Crippen molar-refractivity contribution in [2.45, 2.75) is 31.9 Å². The number of ether oxygens (including phenoxy) is 2. The Hall–Kier alpha value is -4.04. The van der Waals surface area contributed by atoms with Crippen LogP contribution >= 0.6 is 0 Å². The van der Waals surface area contributed by atoms with E-state index in [1.54, 1.807) is 18.2 Å². The van der Waals surface area contributed by atoms with Crippen LogP contribution < -0.4 is 4.74 Å². The van der Waals surface area contributed by atoms with Crippen molar-refractivity contribution < 1.29 is 31.8 Å². The first-order valence-corrected chi connectivity index (χ1v) is 11.1. The molecule has 0 N–H and O–H groups in total.